The minimum absolute atomic E-state index is 0.0138. The zero-order valence-corrected chi connectivity index (χ0v) is 14.4. The van der Waals surface area contributed by atoms with Crippen molar-refractivity contribution in [3.05, 3.63) is 16.4 Å². The highest BCUT2D eigenvalue weighted by atomic mass is 35.5. The van der Waals surface area contributed by atoms with E-state index >= 15 is 0 Å². The van der Waals surface area contributed by atoms with E-state index in [9.17, 15) is 26.4 Å². The summed E-state index contributed by atoms with van der Waals surface area (Å²) in [4.78, 5) is 11.3. The summed E-state index contributed by atoms with van der Waals surface area (Å²) in [6.45, 7) is 3.56. The van der Waals surface area contributed by atoms with Crippen LogP contribution in [0.1, 0.15) is 30.0 Å². The number of nitrogens with one attached hydrogen (secondary N) is 1. The van der Waals surface area contributed by atoms with Crippen LogP contribution in [-0.2, 0) is 21.8 Å². The Morgan fingerprint density at radius 1 is 1.43 bits per heavy atom. The number of carbonyl (C=O) groups excluding carboxylic acids is 1. The zero-order chi connectivity index (χ0) is 18.2. The van der Waals surface area contributed by atoms with Crippen LogP contribution in [-0.4, -0.2) is 37.8 Å². The average molecular weight is 377 g/mol. The molecule has 1 aromatic heterocycles. The van der Waals surface area contributed by atoms with Crippen LogP contribution in [0.4, 0.5) is 13.2 Å². The summed E-state index contributed by atoms with van der Waals surface area (Å²) in [5.74, 6) is -0.867. The largest absolute Gasteiger partial charge is 0.461 e. The van der Waals surface area contributed by atoms with Crippen molar-refractivity contribution < 1.29 is 31.1 Å². The predicted molar refractivity (Wildman–Crippen MR) is 77.0 cm³/mol. The van der Waals surface area contributed by atoms with Crippen LogP contribution in [0.15, 0.2) is 4.90 Å². The summed E-state index contributed by atoms with van der Waals surface area (Å²) in [5.41, 5.74) is -0.231. The van der Waals surface area contributed by atoms with E-state index < -0.39 is 38.1 Å². The summed E-state index contributed by atoms with van der Waals surface area (Å²) < 4.78 is 69.6. The van der Waals surface area contributed by atoms with Crippen molar-refractivity contribution in [2.75, 3.05) is 6.61 Å². The number of halogens is 4. The van der Waals surface area contributed by atoms with Crippen LogP contribution in [0, 0.1) is 6.92 Å². The van der Waals surface area contributed by atoms with Gasteiger partial charge in [-0.2, -0.15) is 17.9 Å². The molecule has 0 bridgehead atoms. The van der Waals surface area contributed by atoms with Gasteiger partial charge in [0.25, 0.3) is 0 Å². The van der Waals surface area contributed by atoms with Crippen molar-refractivity contribution in [1.82, 2.24) is 9.29 Å². The van der Waals surface area contributed by atoms with E-state index in [2.05, 4.69) is 0 Å². The van der Waals surface area contributed by atoms with Gasteiger partial charge in [0.2, 0.25) is 10.0 Å². The maximum atomic E-state index is 12.6. The Labute approximate surface area is 136 Å². The van der Waals surface area contributed by atoms with E-state index in [0.717, 1.165) is 4.57 Å². The maximum absolute atomic E-state index is 12.6. The van der Waals surface area contributed by atoms with Gasteiger partial charge in [0.05, 0.1) is 11.6 Å². The number of aromatic nitrogens is 1. The summed E-state index contributed by atoms with van der Waals surface area (Å²) in [5, 5.41) is -0.481. The van der Waals surface area contributed by atoms with Gasteiger partial charge in [0.1, 0.15) is 16.6 Å². The molecular formula is C12H16ClF3N2O4S. The molecule has 0 radical (unpaired) electrons. The molecule has 0 aromatic carbocycles. The summed E-state index contributed by atoms with van der Waals surface area (Å²) in [6.07, 6.45) is -4.76. The Morgan fingerprint density at radius 3 is 2.39 bits per heavy atom. The Bertz CT molecular complexity index is 713. The van der Waals surface area contributed by atoms with Gasteiger partial charge in [0, 0.05) is 12.7 Å². The van der Waals surface area contributed by atoms with Crippen molar-refractivity contribution >= 4 is 27.6 Å². The molecule has 11 heteroatoms. The summed E-state index contributed by atoms with van der Waals surface area (Å²) in [7, 11) is -3.22. The van der Waals surface area contributed by atoms with E-state index in [4.69, 9.17) is 16.3 Å². The normalized spacial score (nSPS) is 13.9. The number of rotatable bonds is 5. The van der Waals surface area contributed by atoms with E-state index in [1.165, 1.54) is 18.7 Å². The Morgan fingerprint density at radius 2 is 1.96 bits per heavy atom. The van der Waals surface area contributed by atoms with Gasteiger partial charge in [-0.15, -0.1) is 0 Å². The number of esters is 1. The third-order valence-electron chi connectivity index (χ3n) is 3.13. The molecule has 0 saturated heterocycles. The van der Waals surface area contributed by atoms with Crippen molar-refractivity contribution in [1.29, 1.82) is 0 Å². The molecule has 0 amide bonds. The molecule has 1 atom stereocenters. The van der Waals surface area contributed by atoms with Crippen LogP contribution >= 0.6 is 11.6 Å². The van der Waals surface area contributed by atoms with E-state index in [1.54, 1.807) is 6.92 Å². The van der Waals surface area contributed by atoms with Crippen molar-refractivity contribution in [2.24, 2.45) is 7.05 Å². The monoisotopic (exact) mass is 376 g/mol. The molecule has 132 valence electrons. The molecule has 23 heavy (non-hydrogen) atoms. The Hall–Kier alpha value is -1.26. The second-order valence-electron chi connectivity index (χ2n) is 4.74. The molecule has 6 nitrogen and oxygen atoms in total. The lowest BCUT2D eigenvalue weighted by Gasteiger charge is -2.17. The summed E-state index contributed by atoms with van der Waals surface area (Å²) >= 11 is 5.93. The fraction of sp³-hybridized carbons (Fsp3) is 0.583. The number of hydrogen-bond donors (Lipinski definition) is 1. The molecule has 0 fully saturated rings. The molecule has 0 aliphatic carbocycles. The minimum Gasteiger partial charge on any atom is -0.461 e. The number of hydrogen-bond acceptors (Lipinski definition) is 4. The molecular weight excluding hydrogens is 361 g/mol. The van der Waals surface area contributed by atoms with E-state index in [0.29, 0.717) is 6.92 Å². The second-order valence-corrected chi connectivity index (χ2v) is 6.77. The molecule has 1 rings (SSSR count). The molecule has 1 N–H and O–H groups in total. The third kappa shape index (κ3) is 3.99. The number of nitrogens with zero attached hydrogens (tertiary/aromatic N) is 1. The van der Waals surface area contributed by atoms with Crippen LogP contribution < -0.4 is 4.72 Å². The molecule has 0 spiro atoms. The molecule has 0 saturated carbocycles. The van der Waals surface area contributed by atoms with Crippen LogP contribution in [0.2, 0.25) is 5.02 Å². The second kappa shape index (κ2) is 6.70. The fourth-order valence-corrected chi connectivity index (χ4v) is 4.05. The van der Waals surface area contributed by atoms with Crippen LogP contribution in [0.25, 0.3) is 0 Å². The van der Waals surface area contributed by atoms with Gasteiger partial charge >= 0.3 is 12.1 Å². The molecule has 0 aliphatic heterocycles. The smallest absolute Gasteiger partial charge is 0.404 e. The Balaban J connectivity index is 3.39. The number of alkyl halides is 3. The van der Waals surface area contributed by atoms with E-state index in [-0.39, 0.29) is 18.0 Å². The molecule has 0 unspecified atom stereocenters. The lowest BCUT2D eigenvalue weighted by molar-refractivity contribution is -0.147. The SMILES string of the molecule is CCOC(=O)c1c(Cl)c(S(=O)(=O)N[C@H](C)C(F)(F)F)c(C)n1C. The van der Waals surface area contributed by atoms with Crippen molar-refractivity contribution in [2.45, 2.75) is 37.9 Å². The van der Waals surface area contributed by atoms with Gasteiger partial charge in [-0.05, 0) is 20.8 Å². The lowest BCUT2D eigenvalue weighted by Crippen LogP contribution is -2.43. The van der Waals surface area contributed by atoms with Gasteiger partial charge in [-0.3, -0.25) is 0 Å². The first-order chi connectivity index (χ1) is 10.3. The fourth-order valence-electron chi connectivity index (χ4n) is 1.83. The van der Waals surface area contributed by atoms with E-state index in [1.807, 2.05) is 0 Å². The van der Waals surface area contributed by atoms with Crippen LogP contribution in [0.3, 0.4) is 0 Å². The topological polar surface area (TPSA) is 77.4 Å². The lowest BCUT2D eigenvalue weighted by atomic mass is 10.4. The standard InChI is InChI=1S/C12H16ClF3N2O4S/c1-5-22-11(19)9-8(13)10(6(2)18(9)4)23(20,21)17-7(3)12(14,15)16/h7,17H,5H2,1-4H3/t7-/m1/s1. The van der Waals surface area contributed by atoms with Gasteiger partial charge in [-0.1, -0.05) is 11.6 Å². The maximum Gasteiger partial charge on any atom is 0.404 e. The highest BCUT2D eigenvalue weighted by molar-refractivity contribution is 7.89. The first kappa shape index (κ1) is 19.8. The quantitative estimate of drug-likeness (QED) is 0.800. The molecule has 1 heterocycles. The first-order valence-electron chi connectivity index (χ1n) is 6.45. The zero-order valence-electron chi connectivity index (χ0n) is 12.8. The average Bonchev–Trinajstić information content (AvgIpc) is 2.59. The van der Waals surface area contributed by atoms with Gasteiger partial charge in [-0.25, -0.2) is 13.2 Å². The highest BCUT2D eigenvalue weighted by Crippen LogP contribution is 2.32. The third-order valence-corrected chi connectivity index (χ3v) is 5.32. The molecule has 1 aromatic rings. The van der Waals surface area contributed by atoms with Gasteiger partial charge < -0.3 is 9.30 Å². The number of carbonyl (C=O) groups is 1. The predicted octanol–water partition coefficient (Wildman–Crippen LogP) is 2.39. The number of sulfonamides is 1. The number of ether oxygens (including phenoxy) is 1. The Kier molecular flexibility index (Phi) is 5.76. The van der Waals surface area contributed by atoms with Gasteiger partial charge in [0.15, 0.2) is 0 Å². The minimum atomic E-state index is -4.76. The highest BCUT2D eigenvalue weighted by Gasteiger charge is 2.40. The summed E-state index contributed by atoms with van der Waals surface area (Å²) in [6, 6.07) is -2.31. The van der Waals surface area contributed by atoms with Crippen molar-refractivity contribution in [3.8, 4) is 0 Å². The first-order valence-corrected chi connectivity index (χ1v) is 8.31. The van der Waals surface area contributed by atoms with Crippen LogP contribution in [0.5, 0.6) is 0 Å². The van der Waals surface area contributed by atoms with Crippen molar-refractivity contribution in [3.63, 3.8) is 0 Å². The molecule has 0 aliphatic rings.